The SMILES string of the molecule is CCOC(=O)/C(C)=C/[C@H](C(C)C)N(C)C(=O)C(NC(=O)C1CCCCN1C(C)C)[C@@H](C)CC. The van der Waals surface area contributed by atoms with Crippen LogP contribution >= 0.6 is 0 Å². The Balaban J connectivity index is 3.12. The lowest BCUT2D eigenvalue weighted by molar-refractivity contribution is -0.140. The number of esters is 1. The van der Waals surface area contributed by atoms with E-state index in [9.17, 15) is 14.4 Å². The van der Waals surface area contributed by atoms with Crippen LogP contribution in [0.1, 0.15) is 81.1 Å². The van der Waals surface area contributed by atoms with Gasteiger partial charge in [0.25, 0.3) is 0 Å². The van der Waals surface area contributed by atoms with Gasteiger partial charge in [0, 0.05) is 18.7 Å². The third kappa shape index (κ3) is 8.13. The van der Waals surface area contributed by atoms with E-state index in [2.05, 4.69) is 24.1 Å². The molecule has 2 amide bonds. The Kier molecular flexibility index (Phi) is 12.1. The molecule has 190 valence electrons. The Labute approximate surface area is 201 Å². The maximum Gasteiger partial charge on any atom is 0.333 e. The predicted octanol–water partition coefficient (Wildman–Crippen LogP) is 3.77. The van der Waals surface area contributed by atoms with Crippen LogP contribution in [0.25, 0.3) is 0 Å². The number of ether oxygens (including phenoxy) is 1. The molecule has 1 rings (SSSR count). The first kappa shape index (κ1) is 29.1. The number of hydrogen-bond donors (Lipinski definition) is 1. The molecule has 0 spiro atoms. The summed E-state index contributed by atoms with van der Waals surface area (Å²) < 4.78 is 5.10. The van der Waals surface area contributed by atoms with E-state index in [1.165, 1.54) is 0 Å². The zero-order valence-electron chi connectivity index (χ0n) is 22.3. The molecule has 33 heavy (non-hydrogen) atoms. The average molecular weight is 466 g/mol. The standard InChI is InChI=1S/C26H47N3O4/c1-10-19(7)23(27-24(30)21-14-12-13-15-29(21)18(5)6)25(31)28(9)22(17(3)4)16-20(8)26(32)33-11-2/h16-19,21-23H,10-15H2,1-9H3,(H,27,30)/b20-16+/t19-,21?,22+,23?/m0/s1. The minimum absolute atomic E-state index is 0.0112. The van der Waals surface area contributed by atoms with Crippen LogP contribution in [0.4, 0.5) is 0 Å². The smallest absolute Gasteiger partial charge is 0.333 e. The molecule has 0 saturated carbocycles. The molecule has 0 radical (unpaired) electrons. The van der Waals surface area contributed by atoms with E-state index in [-0.39, 0.29) is 47.7 Å². The van der Waals surface area contributed by atoms with Crippen LogP contribution in [0.3, 0.4) is 0 Å². The molecule has 0 aromatic carbocycles. The molecule has 1 saturated heterocycles. The van der Waals surface area contributed by atoms with E-state index >= 15 is 0 Å². The van der Waals surface area contributed by atoms with Gasteiger partial charge in [-0.1, -0.05) is 46.6 Å². The van der Waals surface area contributed by atoms with Crippen LogP contribution < -0.4 is 5.32 Å². The molecule has 0 bridgehead atoms. The fourth-order valence-electron chi connectivity index (χ4n) is 4.47. The Bertz CT molecular complexity index is 689. The minimum atomic E-state index is -0.610. The first-order chi connectivity index (χ1) is 15.5. The first-order valence-electron chi connectivity index (χ1n) is 12.6. The Morgan fingerprint density at radius 3 is 2.27 bits per heavy atom. The van der Waals surface area contributed by atoms with Crippen LogP contribution in [-0.4, -0.2) is 72.0 Å². The van der Waals surface area contributed by atoms with E-state index in [4.69, 9.17) is 4.74 Å². The molecule has 1 N–H and O–H groups in total. The van der Waals surface area contributed by atoms with Gasteiger partial charge in [0.1, 0.15) is 6.04 Å². The second-order valence-electron chi connectivity index (χ2n) is 9.97. The number of hydrogen-bond acceptors (Lipinski definition) is 5. The van der Waals surface area contributed by atoms with Gasteiger partial charge in [-0.15, -0.1) is 0 Å². The van der Waals surface area contributed by atoms with Gasteiger partial charge >= 0.3 is 5.97 Å². The zero-order valence-corrected chi connectivity index (χ0v) is 22.3. The maximum absolute atomic E-state index is 13.7. The van der Waals surface area contributed by atoms with Crippen molar-refractivity contribution in [3.63, 3.8) is 0 Å². The third-order valence-electron chi connectivity index (χ3n) is 6.78. The highest BCUT2D eigenvalue weighted by atomic mass is 16.5. The van der Waals surface area contributed by atoms with Gasteiger partial charge in [0.2, 0.25) is 11.8 Å². The lowest BCUT2D eigenvalue weighted by Gasteiger charge is -2.39. The summed E-state index contributed by atoms with van der Waals surface area (Å²) in [4.78, 5) is 43.0. The van der Waals surface area contributed by atoms with Crippen LogP contribution in [0.5, 0.6) is 0 Å². The number of likely N-dealkylation sites (tertiary alicyclic amines) is 1. The zero-order chi connectivity index (χ0) is 25.3. The van der Waals surface area contributed by atoms with Crippen molar-refractivity contribution in [3.8, 4) is 0 Å². The second kappa shape index (κ2) is 13.7. The van der Waals surface area contributed by atoms with Gasteiger partial charge in [-0.05, 0) is 58.9 Å². The van der Waals surface area contributed by atoms with Gasteiger partial charge in [0.15, 0.2) is 0 Å². The molecule has 1 fully saturated rings. The van der Waals surface area contributed by atoms with Crippen LogP contribution in [-0.2, 0) is 19.1 Å². The number of nitrogens with one attached hydrogen (secondary N) is 1. The van der Waals surface area contributed by atoms with Gasteiger partial charge in [0.05, 0.1) is 18.7 Å². The van der Waals surface area contributed by atoms with Crippen LogP contribution in [0.2, 0.25) is 0 Å². The van der Waals surface area contributed by atoms with Crippen molar-refractivity contribution in [1.29, 1.82) is 0 Å². The molecule has 1 heterocycles. The molecular formula is C26H47N3O4. The van der Waals surface area contributed by atoms with E-state index in [1.807, 2.05) is 27.7 Å². The van der Waals surface area contributed by atoms with Gasteiger partial charge in [-0.25, -0.2) is 4.79 Å². The van der Waals surface area contributed by atoms with Crippen molar-refractivity contribution in [2.45, 2.75) is 105 Å². The summed E-state index contributed by atoms with van der Waals surface area (Å²) in [5.74, 6) is -0.484. The highest BCUT2D eigenvalue weighted by Gasteiger charge is 2.36. The number of likely N-dealkylation sites (N-methyl/N-ethyl adjacent to an activating group) is 1. The highest BCUT2D eigenvalue weighted by Crippen LogP contribution is 2.22. The van der Waals surface area contributed by atoms with E-state index in [0.29, 0.717) is 12.2 Å². The summed E-state index contributed by atoms with van der Waals surface area (Å²) in [6.07, 6.45) is 5.51. The molecule has 7 heteroatoms. The van der Waals surface area contributed by atoms with Crippen molar-refractivity contribution in [2.24, 2.45) is 11.8 Å². The van der Waals surface area contributed by atoms with E-state index in [1.54, 1.807) is 31.9 Å². The van der Waals surface area contributed by atoms with Gasteiger partial charge < -0.3 is 15.0 Å². The average Bonchev–Trinajstić information content (AvgIpc) is 2.78. The quantitative estimate of drug-likeness (QED) is 0.371. The normalized spacial score (nSPS) is 20.3. The monoisotopic (exact) mass is 465 g/mol. The van der Waals surface area contributed by atoms with Crippen molar-refractivity contribution in [3.05, 3.63) is 11.6 Å². The summed E-state index contributed by atoms with van der Waals surface area (Å²) in [5, 5.41) is 3.11. The second-order valence-corrected chi connectivity index (χ2v) is 9.97. The summed E-state index contributed by atoms with van der Waals surface area (Å²) in [6.45, 7) is 17.0. The number of carbonyl (C=O) groups excluding carboxylic acids is 3. The van der Waals surface area contributed by atoms with Crippen LogP contribution in [0, 0.1) is 11.8 Å². The molecule has 1 aliphatic rings. The fraction of sp³-hybridized carbons (Fsp3) is 0.808. The minimum Gasteiger partial charge on any atom is -0.463 e. The highest BCUT2D eigenvalue weighted by molar-refractivity contribution is 5.91. The van der Waals surface area contributed by atoms with Crippen LogP contribution in [0.15, 0.2) is 11.6 Å². The molecule has 0 aromatic heterocycles. The predicted molar refractivity (Wildman–Crippen MR) is 133 cm³/mol. The molecular weight excluding hydrogens is 418 g/mol. The molecule has 4 atom stereocenters. The van der Waals surface area contributed by atoms with Crippen molar-refractivity contribution < 1.29 is 19.1 Å². The Morgan fingerprint density at radius 2 is 1.76 bits per heavy atom. The molecule has 0 aliphatic carbocycles. The lowest BCUT2D eigenvalue weighted by Crippen LogP contribution is -2.59. The third-order valence-corrected chi connectivity index (χ3v) is 6.78. The first-order valence-corrected chi connectivity index (χ1v) is 12.6. The summed E-state index contributed by atoms with van der Waals surface area (Å²) in [5.41, 5.74) is 0.481. The number of nitrogens with zero attached hydrogens (tertiary/aromatic N) is 2. The topological polar surface area (TPSA) is 79.0 Å². The largest absolute Gasteiger partial charge is 0.463 e. The van der Waals surface area contributed by atoms with Crippen molar-refractivity contribution in [2.75, 3.05) is 20.2 Å². The molecule has 1 aliphatic heterocycles. The summed E-state index contributed by atoms with van der Waals surface area (Å²) >= 11 is 0. The summed E-state index contributed by atoms with van der Waals surface area (Å²) in [6, 6.07) is -0.814. The Morgan fingerprint density at radius 1 is 1.12 bits per heavy atom. The molecule has 7 nitrogen and oxygen atoms in total. The van der Waals surface area contributed by atoms with Crippen molar-refractivity contribution in [1.82, 2.24) is 15.1 Å². The lowest BCUT2D eigenvalue weighted by atomic mass is 9.93. The summed E-state index contributed by atoms with van der Waals surface area (Å²) in [7, 11) is 1.75. The fourth-order valence-corrected chi connectivity index (χ4v) is 4.47. The molecule has 2 unspecified atom stereocenters. The number of piperidine rings is 1. The van der Waals surface area contributed by atoms with Gasteiger partial charge in [-0.2, -0.15) is 0 Å². The Hall–Kier alpha value is -1.89. The van der Waals surface area contributed by atoms with E-state index in [0.717, 1.165) is 32.2 Å². The number of carbonyl (C=O) groups is 3. The van der Waals surface area contributed by atoms with Gasteiger partial charge in [-0.3, -0.25) is 14.5 Å². The number of rotatable bonds is 11. The number of amides is 2. The maximum atomic E-state index is 13.7. The van der Waals surface area contributed by atoms with E-state index < -0.39 is 6.04 Å². The molecule has 0 aromatic rings. The van der Waals surface area contributed by atoms with Crippen molar-refractivity contribution >= 4 is 17.8 Å².